The number of methoxy groups -OCH3 is 1. The summed E-state index contributed by atoms with van der Waals surface area (Å²) in [6.07, 6.45) is 2.04. The van der Waals surface area contributed by atoms with E-state index >= 15 is 0 Å². The van der Waals surface area contributed by atoms with Crippen molar-refractivity contribution in [3.05, 3.63) is 24.3 Å². The molecule has 0 fully saturated rings. The highest BCUT2D eigenvalue weighted by molar-refractivity contribution is 7.99. The number of aromatic nitrogens is 3. The second-order valence-corrected chi connectivity index (χ2v) is 7.49. The summed E-state index contributed by atoms with van der Waals surface area (Å²) in [6.45, 7) is 8.32. The Morgan fingerprint density at radius 3 is 2.50 bits per heavy atom. The van der Waals surface area contributed by atoms with Gasteiger partial charge in [-0.2, -0.15) is 0 Å². The number of benzene rings is 1. The largest absolute Gasteiger partial charge is 0.497 e. The van der Waals surface area contributed by atoms with E-state index in [1.165, 1.54) is 11.8 Å². The molecule has 1 amide bonds. The molecule has 2 rings (SSSR count). The summed E-state index contributed by atoms with van der Waals surface area (Å²) in [7, 11) is 1.65. The zero-order valence-corrected chi connectivity index (χ0v) is 17.0. The molecule has 1 aromatic carbocycles. The third-order valence-electron chi connectivity index (χ3n) is 3.99. The lowest BCUT2D eigenvalue weighted by molar-refractivity contribution is -0.119. The summed E-state index contributed by atoms with van der Waals surface area (Å²) >= 11 is 1.42. The molecule has 1 heterocycles. The van der Waals surface area contributed by atoms with Crippen LogP contribution in [0, 0.1) is 0 Å². The van der Waals surface area contributed by atoms with Gasteiger partial charge < -0.3 is 10.1 Å². The molecule has 0 radical (unpaired) electrons. The minimum absolute atomic E-state index is 0.0280. The van der Waals surface area contributed by atoms with Crippen molar-refractivity contribution in [2.75, 3.05) is 12.9 Å². The van der Waals surface area contributed by atoms with Gasteiger partial charge in [0.15, 0.2) is 11.0 Å². The predicted octanol–water partition coefficient (Wildman–Crippen LogP) is 3.93. The predicted molar refractivity (Wildman–Crippen MR) is 106 cm³/mol. The van der Waals surface area contributed by atoms with Gasteiger partial charge in [-0.25, -0.2) is 0 Å². The highest BCUT2D eigenvalue weighted by atomic mass is 32.2. The molecule has 1 N–H and O–H groups in total. The van der Waals surface area contributed by atoms with Gasteiger partial charge in [0.05, 0.1) is 12.9 Å². The molecule has 26 heavy (non-hydrogen) atoms. The molecule has 1 atom stereocenters. The Balaban J connectivity index is 2.12. The zero-order valence-electron chi connectivity index (χ0n) is 16.2. The summed E-state index contributed by atoms with van der Waals surface area (Å²) in [5.41, 5.74) is 0.972. The van der Waals surface area contributed by atoms with E-state index in [0.29, 0.717) is 5.75 Å². The molecule has 6 nitrogen and oxygen atoms in total. The highest BCUT2D eigenvalue weighted by Crippen LogP contribution is 2.28. The SMILES string of the molecule is CCC[C@@H](C)NC(=O)CSc1nnc(-c2ccc(OC)cc2)n1C(C)C. The third-order valence-corrected chi connectivity index (χ3v) is 4.93. The molecule has 7 heteroatoms. The van der Waals surface area contributed by atoms with Crippen molar-refractivity contribution < 1.29 is 9.53 Å². The van der Waals surface area contributed by atoms with Gasteiger partial charge in [0.25, 0.3) is 0 Å². The topological polar surface area (TPSA) is 69.0 Å². The van der Waals surface area contributed by atoms with Crippen molar-refractivity contribution in [2.24, 2.45) is 0 Å². The number of thioether (sulfide) groups is 1. The first-order valence-corrected chi connectivity index (χ1v) is 9.96. The number of carbonyl (C=O) groups excluding carboxylic acids is 1. The van der Waals surface area contributed by atoms with Crippen LogP contribution in [0.4, 0.5) is 0 Å². The number of hydrogen-bond donors (Lipinski definition) is 1. The van der Waals surface area contributed by atoms with Gasteiger partial charge in [-0.15, -0.1) is 10.2 Å². The Hall–Kier alpha value is -2.02. The van der Waals surface area contributed by atoms with Crippen molar-refractivity contribution in [2.45, 2.75) is 57.8 Å². The van der Waals surface area contributed by atoms with E-state index in [0.717, 1.165) is 35.1 Å². The van der Waals surface area contributed by atoms with E-state index in [-0.39, 0.29) is 18.0 Å². The Morgan fingerprint density at radius 1 is 1.23 bits per heavy atom. The summed E-state index contributed by atoms with van der Waals surface area (Å²) in [4.78, 5) is 12.1. The average molecular weight is 377 g/mol. The number of rotatable bonds is 9. The van der Waals surface area contributed by atoms with Crippen molar-refractivity contribution in [1.29, 1.82) is 0 Å². The van der Waals surface area contributed by atoms with Gasteiger partial charge in [0.1, 0.15) is 5.75 Å². The van der Waals surface area contributed by atoms with Gasteiger partial charge in [-0.3, -0.25) is 9.36 Å². The van der Waals surface area contributed by atoms with E-state index in [1.54, 1.807) is 7.11 Å². The van der Waals surface area contributed by atoms with Crippen molar-refractivity contribution in [3.63, 3.8) is 0 Å². The van der Waals surface area contributed by atoms with E-state index < -0.39 is 0 Å². The fraction of sp³-hybridized carbons (Fsp3) is 0.526. The average Bonchev–Trinajstić information content (AvgIpc) is 3.04. The lowest BCUT2D eigenvalue weighted by Gasteiger charge is -2.15. The Labute approximate surface area is 159 Å². The number of ether oxygens (including phenoxy) is 1. The first-order chi connectivity index (χ1) is 12.5. The molecule has 0 saturated carbocycles. The first kappa shape index (κ1) is 20.3. The molecule has 2 aromatic rings. The van der Waals surface area contributed by atoms with Crippen LogP contribution in [-0.4, -0.2) is 39.6 Å². The maximum absolute atomic E-state index is 12.1. The molecule has 142 valence electrons. The van der Waals surface area contributed by atoms with Crippen LogP contribution in [0.2, 0.25) is 0 Å². The fourth-order valence-corrected chi connectivity index (χ4v) is 3.61. The van der Waals surface area contributed by atoms with Crippen LogP contribution in [0.15, 0.2) is 29.4 Å². The maximum Gasteiger partial charge on any atom is 0.230 e. The molecule has 0 saturated heterocycles. The second-order valence-electron chi connectivity index (χ2n) is 6.54. The molecule has 0 aliphatic rings. The number of nitrogens with zero attached hydrogens (tertiary/aromatic N) is 3. The molecule has 0 aliphatic carbocycles. The molecular weight excluding hydrogens is 348 g/mol. The van der Waals surface area contributed by atoms with Crippen LogP contribution >= 0.6 is 11.8 Å². The van der Waals surface area contributed by atoms with Gasteiger partial charge in [-0.1, -0.05) is 25.1 Å². The van der Waals surface area contributed by atoms with Gasteiger partial charge >= 0.3 is 0 Å². The molecule has 0 unspecified atom stereocenters. The number of carbonyl (C=O) groups is 1. The maximum atomic E-state index is 12.1. The highest BCUT2D eigenvalue weighted by Gasteiger charge is 2.18. The summed E-state index contributed by atoms with van der Waals surface area (Å²) in [5, 5.41) is 12.4. The number of hydrogen-bond acceptors (Lipinski definition) is 5. The Morgan fingerprint density at radius 2 is 1.92 bits per heavy atom. The van der Waals surface area contributed by atoms with Crippen molar-refractivity contribution in [3.8, 4) is 17.1 Å². The van der Waals surface area contributed by atoms with Crippen LogP contribution in [-0.2, 0) is 4.79 Å². The molecule has 1 aromatic heterocycles. The third kappa shape index (κ3) is 5.24. The standard InChI is InChI=1S/C19H28N4O2S/c1-6-7-14(4)20-17(24)12-26-19-22-21-18(23(19)13(2)3)15-8-10-16(25-5)11-9-15/h8-11,13-14H,6-7,12H2,1-5H3,(H,20,24)/t14-/m1/s1. The fourth-order valence-electron chi connectivity index (χ4n) is 2.73. The molecule has 0 spiro atoms. The second kappa shape index (κ2) is 9.62. The zero-order chi connectivity index (χ0) is 19.1. The van der Waals surface area contributed by atoms with Crippen molar-refractivity contribution in [1.82, 2.24) is 20.1 Å². The minimum Gasteiger partial charge on any atom is -0.497 e. The normalized spacial score (nSPS) is 12.2. The van der Waals surface area contributed by atoms with Crippen LogP contribution in [0.3, 0.4) is 0 Å². The summed E-state index contributed by atoms with van der Waals surface area (Å²) < 4.78 is 7.28. The van der Waals surface area contributed by atoms with E-state index in [4.69, 9.17) is 4.74 Å². The van der Waals surface area contributed by atoms with E-state index in [9.17, 15) is 4.79 Å². The summed E-state index contributed by atoms with van der Waals surface area (Å²) in [5.74, 6) is 1.96. The molecular formula is C19H28N4O2S. The van der Waals surface area contributed by atoms with Crippen LogP contribution < -0.4 is 10.1 Å². The van der Waals surface area contributed by atoms with Crippen LogP contribution in [0.5, 0.6) is 5.75 Å². The quantitative estimate of drug-likeness (QED) is 0.672. The van der Waals surface area contributed by atoms with Crippen LogP contribution in [0.25, 0.3) is 11.4 Å². The minimum atomic E-state index is 0.0280. The summed E-state index contributed by atoms with van der Waals surface area (Å²) in [6, 6.07) is 8.14. The van der Waals surface area contributed by atoms with Gasteiger partial charge in [0, 0.05) is 17.6 Å². The number of nitrogens with one attached hydrogen (secondary N) is 1. The lowest BCUT2D eigenvalue weighted by atomic mass is 10.2. The monoisotopic (exact) mass is 376 g/mol. The van der Waals surface area contributed by atoms with Crippen molar-refractivity contribution >= 4 is 17.7 Å². The van der Waals surface area contributed by atoms with E-state index in [1.807, 2.05) is 31.2 Å². The molecule has 0 bridgehead atoms. The lowest BCUT2D eigenvalue weighted by Crippen LogP contribution is -2.33. The first-order valence-electron chi connectivity index (χ1n) is 8.97. The van der Waals surface area contributed by atoms with Gasteiger partial charge in [-0.05, 0) is 51.5 Å². The smallest absolute Gasteiger partial charge is 0.230 e. The Kier molecular flexibility index (Phi) is 7.50. The Bertz CT molecular complexity index is 713. The van der Waals surface area contributed by atoms with Gasteiger partial charge in [0.2, 0.25) is 5.91 Å². The van der Waals surface area contributed by atoms with Crippen LogP contribution in [0.1, 0.15) is 46.6 Å². The number of amides is 1. The van der Waals surface area contributed by atoms with E-state index in [2.05, 4.69) is 40.9 Å². The molecule has 0 aliphatic heterocycles.